The maximum Gasteiger partial charge on any atom is 0.120 e. The molecule has 0 aliphatic carbocycles. The van der Waals surface area contributed by atoms with Gasteiger partial charge in [-0.2, -0.15) is 0 Å². The number of hydrogen-bond acceptors (Lipinski definition) is 2. The average Bonchev–Trinajstić information content (AvgIpc) is 2.43. The first-order valence-electron chi connectivity index (χ1n) is 7.14. The molecule has 0 heterocycles. The number of halogens is 1. The lowest BCUT2D eigenvalue weighted by Crippen LogP contribution is -2.35. The minimum atomic E-state index is 0.109. The molecular weight excluding hydrogens is 326 g/mol. The molecule has 0 atom stereocenters. The van der Waals surface area contributed by atoms with Gasteiger partial charge in [-0.05, 0) is 50.1 Å². The van der Waals surface area contributed by atoms with Gasteiger partial charge in [0.25, 0.3) is 0 Å². The molecule has 2 aromatic carbocycles. The van der Waals surface area contributed by atoms with E-state index < -0.39 is 0 Å². The van der Waals surface area contributed by atoms with Crippen LogP contribution in [0.2, 0.25) is 0 Å². The van der Waals surface area contributed by atoms with Crippen molar-refractivity contribution in [3.63, 3.8) is 0 Å². The molecule has 21 heavy (non-hydrogen) atoms. The Bertz CT molecular complexity index is 590. The van der Waals surface area contributed by atoms with Gasteiger partial charge in [0.15, 0.2) is 0 Å². The van der Waals surface area contributed by atoms with E-state index >= 15 is 0 Å². The zero-order valence-electron chi connectivity index (χ0n) is 12.8. The zero-order valence-corrected chi connectivity index (χ0v) is 14.4. The van der Waals surface area contributed by atoms with E-state index in [1.165, 1.54) is 11.1 Å². The highest BCUT2D eigenvalue weighted by Crippen LogP contribution is 2.20. The Kier molecular flexibility index (Phi) is 5.43. The van der Waals surface area contributed by atoms with Crippen LogP contribution in [0.4, 0.5) is 0 Å². The number of benzene rings is 2. The fraction of sp³-hybridized carbons (Fsp3) is 0.333. The predicted octanol–water partition coefficient (Wildman–Crippen LogP) is 4.92. The molecule has 0 unspecified atom stereocenters. The van der Waals surface area contributed by atoms with E-state index in [1.54, 1.807) is 0 Å². The van der Waals surface area contributed by atoms with Gasteiger partial charge in [-0.15, -0.1) is 0 Å². The highest BCUT2D eigenvalue weighted by atomic mass is 79.9. The summed E-state index contributed by atoms with van der Waals surface area (Å²) in [4.78, 5) is 0. The van der Waals surface area contributed by atoms with Crippen LogP contribution in [0.3, 0.4) is 0 Å². The first kappa shape index (κ1) is 16.1. The number of hydrogen-bond donors (Lipinski definition) is 1. The number of ether oxygens (including phenoxy) is 1. The SMILES string of the molecule is CC(C)(C)NCc1ccccc1COc1cccc(Br)c1. The molecule has 2 nitrogen and oxygen atoms in total. The van der Waals surface area contributed by atoms with Gasteiger partial charge in [0.05, 0.1) is 0 Å². The van der Waals surface area contributed by atoms with Crippen molar-refractivity contribution in [2.24, 2.45) is 0 Å². The fourth-order valence-corrected chi connectivity index (χ4v) is 2.33. The summed E-state index contributed by atoms with van der Waals surface area (Å²) in [7, 11) is 0. The lowest BCUT2D eigenvalue weighted by molar-refractivity contribution is 0.303. The first-order valence-corrected chi connectivity index (χ1v) is 7.93. The molecule has 0 spiro atoms. The minimum absolute atomic E-state index is 0.109. The van der Waals surface area contributed by atoms with Crippen LogP contribution in [0.1, 0.15) is 31.9 Å². The van der Waals surface area contributed by atoms with Crippen LogP contribution >= 0.6 is 15.9 Å². The molecule has 2 aromatic rings. The molecule has 0 amide bonds. The highest BCUT2D eigenvalue weighted by Gasteiger charge is 2.10. The van der Waals surface area contributed by atoms with Crippen molar-refractivity contribution in [1.29, 1.82) is 0 Å². The zero-order chi connectivity index (χ0) is 15.3. The summed E-state index contributed by atoms with van der Waals surface area (Å²) in [6.45, 7) is 7.95. The second-order valence-electron chi connectivity index (χ2n) is 6.12. The third kappa shape index (κ3) is 5.52. The molecule has 112 valence electrons. The maximum atomic E-state index is 5.89. The van der Waals surface area contributed by atoms with Crippen molar-refractivity contribution in [2.45, 2.75) is 39.5 Å². The summed E-state index contributed by atoms with van der Waals surface area (Å²) >= 11 is 3.46. The van der Waals surface area contributed by atoms with Crippen molar-refractivity contribution in [1.82, 2.24) is 5.32 Å². The molecule has 0 saturated heterocycles. The van der Waals surface area contributed by atoms with Crippen LogP contribution in [-0.2, 0) is 13.2 Å². The molecule has 2 rings (SSSR count). The number of rotatable bonds is 5. The van der Waals surface area contributed by atoms with Gasteiger partial charge >= 0.3 is 0 Å². The summed E-state index contributed by atoms with van der Waals surface area (Å²) < 4.78 is 6.92. The normalized spacial score (nSPS) is 11.4. The minimum Gasteiger partial charge on any atom is -0.489 e. The van der Waals surface area contributed by atoms with Crippen LogP contribution in [0.5, 0.6) is 5.75 Å². The second kappa shape index (κ2) is 7.10. The van der Waals surface area contributed by atoms with Gasteiger partial charge in [0.2, 0.25) is 0 Å². The Hall–Kier alpha value is -1.32. The van der Waals surface area contributed by atoms with Gasteiger partial charge in [0.1, 0.15) is 12.4 Å². The molecule has 0 fully saturated rings. The summed E-state index contributed by atoms with van der Waals surface area (Å²) in [5, 5.41) is 3.52. The van der Waals surface area contributed by atoms with Crippen molar-refractivity contribution in [2.75, 3.05) is 0 Å². The lowest BCUT2D eigenvalue weighted by Gasteiger charge is -2.21. The van der Waals surface area contributed by atoms with E-state index in [9.17, 15) is 0 Å². The van der Waals surface area contributed by atoms with E-state index in [-0.39, 0.29) is 5.54 Å². The van der Waals surface area contributed by atoms with E-state index in [1.807, 2.05) is 24.3 Å². The highest BCUT2D eigenvalue weighted by molar-refractivity contribution is 9.10. The summed E-state index contributed by atoms with van der Waals surface area (Å²) in [5.41, 5.74) is 2.61. The van der Waals surface area contributed by atoms with Gasteiger partial charge in [0, 0.05) is 16.6 Å². The Balaban J connectivity index is 2.03. The molecule has 0 saturated carbocycles. The van der Waals surface area contributed by atoms with E-state index in [0.717, 1.165) is 16.8 Å². The van der Waals surface area contributed by atoms with Crippen LogP contribution in [0.25, 0.3) is 0 Å². The predicted molar refractivity (Wildman–Crippen MR) is 91.5 cm³/mol. The molecule has 1 N–H and O–H groups in total. The smallest absolute Gasteiger partial charge is 0.120 e. The van der Waals surface area contributed by atoms with Crippen LogP contribution in [0, 0.1) is 0 Å². The molecule has 0 aliphatic heterocycles. The van der Waals surface area contributed by atoms with Crippen molar-refractivity contribution in [3.8, 4) is 5.75 Å². The molecule has 0 aliphatic rings. The fourth-order valence-electron chi connectivity index (χ4n) is 1.95. The van der Waals surface area contributed by atoms with Gasteiger partial charge in [-0.1, -0.05) is 46.3 Å². The largest absolute Gasteiger partial charge is 0.489 e. The maximum absolute atomic E-state index is 5.89. The first-order chi connectivity index (χ1) is 9.94. The van der Waals surface area contributed by atoms with Gasteiger partial charge in [-0.3, -0.25) is 0 Å². The van der Waals surface area contributed by atoms with Gasteiger partial charge in [-0.25, -0.2) is 0 Å². The number of nitrogens with one attached hydrogen (secondary N) is 1. The molecule has 0 aromatic heterocycles. The van der Waals surface area contributed by atoms with Crippen molar-refractivity contribution < 1.29 is 4.74 Å². The topological polar surface area (TPSA) is 21.3 Å². The monoisotopic (exact) mass is 347 g/mol. The summed E-state index contributed by atoms with van der Waals surface area (Å²) in [6.07, 6.45) is 0. The van der Waals surface area contributed by atoms with E-state index in [4.69, 9.17) is 4.74 Å². The second-order valence-corrected chi connectivity index (χ2v) is 7.03. The van der Waals surface area contributed by atoms with E-state index in [2.05, 4.69) is 66.3 Å². The quantitative estimate of drug-likeness (QED) is 0.828. The van der Waals surface area contributed by atoms with Crippen LogP contribution < -0.4 is 10.1 Å². The Morgan fingerprint density at radius 3 is 2.38 bits per heavy atom. The third-order valence-corrected chi connectivity index (χ3v) is 3.61. The van der Waals surface area contributed by atoms with Crippen molar-refractivity contribution in [3.05, 3.63) is 64.1 Å². The standard InChI is InChI=1S/C18H22BrNO/c1-18(2,3)20-12-14-7-4-5-8-15(14)13-21-17-10-6-9-16(19)11-17/h4-11,20H,12-13H2,1-3H3. The molecule has 0 bridgehead atoms. The molecular formula is C18H22BrNO. The Morgan fingerprint density at radius 1 is 1.00 bits per heavy atom. The van der Waals surface area contributed by atoms with Gasteiger partial charge < -0.3 is 10.1 Å². The Morgan fingerprint density at radius 2 is 1.71 bits per heavy atom. The Labute approximate surface area is 135 Å². The van der Waals surface area contributed by atoms with E-state index in [0.29, 0.717) is 6.61 Å². The summed E-state index contributed by atoms with van der Waals surface area (Å²) in [6, 6.07) is 16.3. The summed E-state index contributed by atoms with van der Waals surface area (Å²) in [5.74, 6) is 0.878. The van der Waals surface area contributed by atoms with Crippen molar-refractivity contribution >= 4 is 15.9 Å². The third-order valence-electron chi connectivity index (χ3n) is 3.12. The molecule has 3 heteroatoms. The van der Waals surface area contributed by atoms with Crippen LogP contribution in [-0.4, -0.2) is 5.54 Å². The average molecular weight is 348 g/mol. The van der Waals surface area contributed by atoms with Crippen LogP contribution in [0.15, 0.2) is 53.0 Å². The lowest BCUT2D eigenvalue weighted by atomic mass is 10.1. The molecule has 0 radical (unpaired) electrons.